The maximum Gasteiger partial charge on any atom is 0.247 e. The fourth-order valence-electron chi connectivity index (χ4n) is 3.16. The lowest BCUT2D eigenvalue weighted by Gasteiger charge is -2.22. The molecule has 28 heavy (non-hydrogen) atoms. The molecule has 4 rings (SSSR count). The number of para-hydroxylation sites is 1. The van der Waals surface area contributed by atoms with Crippen molar-refractivity contribution in [2.75, 3.05) is 14.2 Å². The number of carbonyl (C=O) groups is 1. The number of amides is 1. The van der Waals surface area contributed by atoms with Gasteiger partial charge in [0.15, 0.2) is 0 Å². The van der Waals surface area contributed by atoms with Crippen molar-refractivity contribution in [3.05, 3.63) is 59.1 Å². The van der Waals surface area contributed by atoms with Gasteiger partial charge in [-0.3, -0.25) is 4.79 Å². The van der Waals surface area contributed by atoms with E-state index in [-0.39, 0.29) is 11.9 Å². The second kappa shape index (κ2) is 8.02. The van der Waals surface area contributed by atoms with E-state index in [1.54, 1.807) is 31.6 Å². The third kappa shape index (κ3) is 4.02. The lowest BCUT2D eigenvalue weighted by Crippen LogP contribution is -2.31. The number of methoxy groups -OCH3 is 2. The van der Waals surface area contributed by atoms with Crippen LogP contribution in [0.25, 0.3) is 16.3 Å². The Balaban J connectivity index is 1.54. The Morgan fingerprint density at radius 3 is 2.75 bits per heavy atom. The van der Waals surface area contributed by atoms with Gasteiger partial charge in [0.1, 0.15) is 16.5 Å². The standard InChI is InChI=1S/C22H22N2O3S/c1-26-17-9-10-19(27-2)15(13-17)14-24(16-7-8-16)22(25)12-11-21-23-18-5-3-4-6-20(18)28-21/h3-6,9-13,16H,7-8,14H2,1-2H3/b12-11+. The van der Waals surface area contributed by atoms with Crippen LogP contribution in [0.4, 0.5) is 0 Å². The number of ether oxygens (including phenoxy) is 2. The molecule has 5 nitrogen and oxygen atoms in total. The molecule has 0 unspecified atom stereocenters. The fourth-order valence-corrected chi connectivity index (χ4v) is 4.03. The van der Waals surface area contributed by atoms with E-state index < -0.39 is 0 Å². The molecule has 144 valence electrons. The van der Waals surface area contributed by atoms with Crippen molar-refractivity contribution in [3.8, 4) is 11.5 Å². The van der Waals surface area contributed by atoms with Crippen LogP contribution in [0.15, 0.2) is 48.5 Å². The van der Waals surface area contributed by atoms with E-state index >= 15 is 0 Å². The third-order valence-electron chi connectivity index (χ3n) is 4.78. The Bertz CT molecular complexity index is 991. The van der Waals surface area contributed by atoms with Crippen molar-refractivity contribution in [2.45, 2.75) is 25.4 Å². The first-order valence-corrected chi connectivity index (χ1v) is 10.0. The van der Waals surface area contributed by atoms with Gasteiger partial charge in [0.2, 0.25) is 5.91 Å². The number of hydrogen-bond acceptors (Lipinski definition) is 5. The van der Waals surface area contributed by atoms with Gasteiger partial charge >= 0.3 is 0 Å². The zero-order valence-corrected chi connectivity index (χ0v) is 16.7. The van der Waals surface area contributed by atoms with Gasteiger partial charge < -0.3 is 14.4 Å². The second-order valence-corrected chi connectivity index (χ2v) is 7.79. The normalized spacial score (nSPS) is 13.8. The van der Waals surface area contributed by atoms with Crippen LogP contribution < -0.4 is 9.47 Å². The number of hydrogen-bond donors (Lipinski definition) is 0. The predicted molar refractivity (Wildman–Crippen MR) is 112 cm³/mol. The molecule has 0 N–H and O–H groups in total. The van der Waals surface area contributed by atoms with Crippen LogP contribution >= 0.6 is 11.3 Å². The van der Waals surface area contributed by atoms with Crippen molar-refractivity contribution in [2.24, 2.45) is 0 Å². The quantitative estimate of drug-likeness (QED) is 0.553. The lowest BCUT2D eigenvalue weighted by molar-refractivity contribution is -0.127. The van der Waals surface area contributed by atoms with Crippen LogP contribution in [0.5, 0.6) is 11.5 Å². The van der Waals surface area contributed by atoms with Gasteiger partial charge in [-0.05, 0) is 49.2 Å². The largest absolute Gasteiger partial charge is 0.497 e. The highest BCUT2D eigenvalue weighted by Crippen LogP contribution is 2.32. The molecule has 1 amide bonds. The third-order valence-corrected chi connectivity index (χ3v) is 5.78. The van der Waals surface area contributed by atoms with E-state index in [0.717, 1.165) is 45.1 Å². The van der Waals surface area contributed by atoms with Crippen molar-refractivity contribution in [1.82, 2.24) is 9.88 Å². The zero-order chi connectivity index (χ0) is 19.5. The number of fused-ring (bicyclic) bond motifs is 1. The number of carbonyl (C=O) groups excluding carboxylic acids is 1. The molecule has 0 bridgehead atoms. The number of nitrogens with zero attached hydrogens (tertiary/aromatic N) is 2. The summed E-state index contributed by atoms with van der Waals surface area (Å²) in [5.41, 5.74) is 1.90. The molecular formula is C22H22N2O3S. The van der Waals surface area contributed by atoms with E-state index in [0.29, 0.717) is 6.54 Å². The monoisotopic (exact) mass is 394 g/mol. The second-order valence-electron chi connectivity index (χ2n) is 6.73. The maximum absolute atomic E-state index is 12.9. The van der Waals surface area contributed by atoms with E-state index in [4.69, 9.17) is 9.47 Å². The highest BCUT2D eigenvalue weighted by atomic mass is 32.1. The van der Waals surface area contributed by atoms with Gasteiger partial charge in [0.05, 0.1) is 31.0 Å². The molecule has 1 aromatic heterocycles. The van der Waals surface area contributed by atoms with E-state index in [2.05, 4.69) is 4.98 Å². The highest BCUT2D eigenvalue weighted by Gasteiger charge is 2.32. The predicted octanol–water partition coefficient (Wildman–Crippen LogP) is 4.52. The lowest BCUT2D eigenvalue weighted by atomic mass is 10.1. The first kappa shape index (κ1) is 18.5. The smallest absolute Gasteiger partial charge is 0.247 e. The summed E-state index contributed by atoms with van der Waals surface area (Å²) in [4.78, 5) is 19.4. The van der Waals surface area contributed by atoms with Crippen LogP contribution in [0.3, 0.4) is 0 Å². The van der Waals surface area contributed by atoms with Crippen LogP contribution in [-0.2, 0) is 11.3 Å². The molecule has 0 aliphatic heterocycles. The summed E-state index contributed by atoms with van der Waals surface area (Å²) in [7, 11) is 3.28. The Kier molecular flexibility index (Phi) is 5.30. The van der Waals surface area contributed by atoms with Crippen LogP contribution in [-0.4, -0.2) is 36.1 Å². The van der Waals surface area contributed by atoms with E-state index in [1.807, 2.05) is 53.4 Å². The van der Waals surface area contributed by atoms with Gasteiger partial charge in [-0.15, -0.1) is 11.3 Å². The Morgan fingerprint density at radius 1 is 1.21 bits per heavy atom. The number of aromatic nitrogens is 1. The first-order chi connectivity index (χ1) is 13.7. The summed E-state index contributed by atoms with van der Waals surface area (Å²) in [5, 5.41) is 0.837. The molecule has 2 aromatic carbocycles. The minimum atomic E-state index is -0.00775. The first-order valence-electron chi connectivity index (χ1n) is 9.23. The molecule has 1 aliphatic carbocycles. The van der Waals surface area contributed by atoms with Gasteiger partial charge in [-0.25, -0.2) is 4.98 Å². The Hall–Kier alpha value is -2.86. The summed E-state index contributed by atoms with van der Waals surface area (Å²) in [6.45, 7) is 0.494. The van der Waals surface area contributed by atoms with Crippen molar-refractivity contribution >= 4 is 33.5 Å². The van der Waals surface area contributed by atoms with Crippen molar-refractivity contribution < 1.29 is 14.3 Å². The van der Waals surface area contributed by atoms with Crippen molar-refractivity contribution in [1.29, 1.82) is 0 Å². The number of rotatable bonds is 7. The number of benzene rings is 2. The molecule has 0 radical (unpaired) electrons. The summed E-state index contributed by atoms with van der Waals surface area (Å²) in [6.07, 6.45) is 5.51. The van der Waals surface area contributed by atoms with E-state index in [9.17, 15) is 4.79 Å². The van der Waals surface area contributed by atoms with Crippen LogP contribution in [0, 0.1) is 0 Å². The van der Waals surface area contributed by atoms with Gasteiger partial charge in [-0.2, -0.15) is 0 Å². The Morgan fingerprint density at radius 2 is 2.04 bits per heavy atom. The average molecular weight is 394 g/mol. The molecule has 3 aromatic rings. The minimum Gasteiger partial charge on any atom is -0.497 e. The molecule has 1 saturated carbocycles. The number of thiazole rings is 1. The molecule has 0 atom stereocenters. The SMILES string of the molecule is COc1ccc(OC)c(CN(C(=O)/C=C/c2nc3ccccc3s2)C2CC2)c1. The maximum atomic E-state index is 12.9. The fraction of sp³-hybridized carbons (Fsp3) is 0.273. The van der Waals surface area contributed by atoms with Gasteiger partial charge in [-0.1, -0.05) is 12.1 Å². The minimum absolute atomic E-state index is 0.00775. The molecule has 1 heterocycles. The Labute approximate surface area is 168 Å². The molecule has 6 heteroatoms. The summed E-state index contributed by atoms with van der Waals surface area (Å²) in [6, 6.07) is 13.9. The van der Waals surface area contributed by atoms with Gasteiger partial charge in [0, 0.05) is 17.7 Å². The highest BCUT2D eigenvalue weighted by molar-refractivity contribution is 7.19. The van der Waals surface area contributed by atoms with Crippen LogP contribution in [0.2, 0.25) is 0 Å². The topological polar surface area (TPSA) is 51.7 Å². The molecule has 1 fully saturated rings. The molecule has 0 saturated heterocycles. The average Bonchev–Trinajstić information content (AvgIpc) is 3.48. The molecule has 0 spiro atoms. The summed E-state index contributed by atoms with van der Waals surface area (Å²) < 4.78 is 11.9. The zero-order valence-electron chi connectivity index (χ0n) is 15.9. The van der Waals surface area contributed by atoms with Crippen LogP contribution in [0.1, 0.15) is 23.4 Å². The summed E-state index contributed by atoms with van der Waals surface area (Å²) in [5.74, 6) is 1.50. The molecule has 1 aliphatic rings. The van der Waals surface area contributed by atoms with Gasteiger partial charge in [0.25, 0.3) is 0 Å². The van der Waals surface area contributed by atoms with E-state index in [1.165, 1.54) is 0 Å². The molecular weight excluding hydrogens is 372 g/mol. The van der Waals surface area contributed by atoms with Crippen molar-refractivity contribution in [3.63, 3.8) is 0 Å². The summed E-state index contributed by atoms with van der Waals surface area (Å²) >= 11 is 1.58.